The lowest BCUT2D eigenvalue weighted by molar-refractivity contribution is 0.669. The second-order valence-electron chi connectivity index (χ2n) is 17.2. The molecule has 0 saturated carbocycles. The molecule has 0 spiro atoms. The summed E-state index contributed by atoms with van der Waals surface area (Å²) >= 11 is 0. The van der Waals surface area contributed by atoms with Gasteiger partial charge in [0.1, 0.15) is 11.2 Å². The third kappa shape index (κ3) is 5.17. The van der Waals surface area contributed by atoms with Crippen LogP contribution < -0.4 is 0 Å². The Hall–Kier alpha value is -8.26. The Kier molecular flexibility index (Phi) is 7.17. The van der Waals surface area contributed by atoms with Crippen LogP contribution in [0.2, 0.25) is 0 Å². The van der Waals surface area contributed by atoms with Gasteiger partial charge in [-0.15, -0.1) is 0 Å². The zero-order chi connectivity index (χ0) is 41.2. The standard InChI is InChI=1S/C62H36O/c1-2-8-37(9-3-1)44-24-27-50(55(35-44)51-28-21-43-19-17-39-11-7-13-41-23-30-54(51)62(43)60(39)41)48-33-46(45-25-31-58-56(36-45)52-14-4-5-15-57(52)63-58)32-47(34-48)49-26-20-42-18-16-38-10-6-12-40-22-29-53(49)61(42)59(38)40/h1-36H. The summed E-state index contributed by atoms with van der Waals surface area (Å²) < 4.78 is 6.32. The highest BCUT2D eigenvalue weighted by molar-refractivity contribution is 6.27. The van der Waals surface area contributed by atoms with Gasteiger partial charge >= 0.3 is 0 Å². The molecule has 0 atom stereocenters. The summed E-state index contributed by atoms with van der Waals surface area (Å²) in [6.07, 6.45) is 0. The van der Waals surface area contributed by atoms with E-state index >= 15 is 0 Å². The molecule has 13 aromatic carbocycles. The number of hydrogen-bond acceptors (Lipinski definition) is 1. The SMILES string of the molecule is c1ccc(-c2ccc(-c3cc(-c4ccc5oc6ccccc6c5c4)cc(-c4ccc5ccc6cccc7ccc4c5c67)c3)c(-c3ccc4ccc5cccc6ccc3c4c56)c2)cc1. The molecule has 1 heterocycles. The molecule has 0 saturated heterocycles. The second-order valence-corrected chi connectivity index (χ2v) is 17.2. The summed E-state index contributed by atoms with van der Waals surface area (Å²) in [6, 6.07) is 81.1. The molecule has 1 heteroatoms. The van der Waals surface area contributed by atoms with E-state index in [4.69, 9.17) is 4.42 Å². The van der Waals surface area contributed by atoms with E-state index in [0.29, 0.717) is 0 Å². The first-order chi connectivity index (χ1) is 31.2. The van der Waals surface area contributed by atoms with Gasteiger partial charge in [-0.1, -0.05) is 176 Å². The molecule has 0 aliphatic carbocycles. The topological polar surface area (TPSA) is 13.1 Å². The molecule has 0 fully saturated rings. The Balaban J connectivity index is 1.07. The molecule has 1 aromatic heterocycles. The van der Waals surface area contributed by atoms with E-state index < -0.39 is 0 Å². The Morgan fingerprint density at radius 3 is 1.40 bits per heavy atom. The van der Waals surface area contributed by atoms with Crippen LogP contribution in [0.15, 0.2) is 223 Å². The predicted octanol–water partition coefficient (Wildman–Crippen LogP) is 17.7. The average Bonchev–Trinajstić information content (AvgIpc) is 3.73. The van der Waals surface area contributed by atoms with E-state index in [9.17, 15) is 0 Å². The van der Waals surface area contributed by atoms with Crippen molar-refractivity contribution < 1.29 is 4.42 Å². The first-order valence-electron chi connectivity index (χ1n) is 21.8. The highest BCUT2D eigenvalue weighted by Crippen LogP contribution is 2.46. The fraction of sp³-hybridized carbons (Fsp3) is 0. The number of benzene rings is 13. The second kappa shape index (κ2) is 13.1. The lowest BCUT2D eigenvalue weighted by Crippen LogP contribution is -1.93. The molecule has 290 valence electrons. The number of rotatable bonds is 5. The van der Waals surface area contributed by atoms with Crippen molar-refractivity contribution in [3.8, 4) is 55.6 Å². The van der Waals surface area contributed by atoms with E-state index in [1.807, 2.05) is 6.07 Å². The minimum atomic E-state index is 0.899. The number of fused-ring (bicyclic) bond motifs is 3. The van der Waals surface area contributed by atoms with E-state index in [1.54, 1.807) is 0 Å². The van der Waals surface area contributed by atoms with E-state index in [0.717, 1.165) is 33.1 Å². The van der Waals surface area contributed by atoms with E-state index in [1.165, 1.54) is 109 Å². The van der Waals surface area contributed by atoms with Crippen LogP contribution in [0.25, 0.3) is 142 Å². The third-order valence-corrected chi connectivity index (χ3v) is 13.7. The van der Waals surface area contributed by atoms with Crippen molar-refractivity contribution in [2.24, 2.45) is 0 Å². The lowest BCUT2D eigenvalue weighted by atomic mass is 9.84. The Morgan fingerprint density at radius 1 is 0.206 bits per heavy atom. The molecule has 0 aliphatic heterocycles. The summed E-state index contributed by atoms with van der Waals surface area (Å²) in [5, 5.41) is 17.7. The average molecular weight is 797 g/mol. The maximum absolute atomic E-state index is 6.32. The first kappa shape index (κ1) is 34.5. The van der Waals surface area contributed by atoms with Crippen LogP contribution in [0.1, 0.15) is 0 Å². The van der Waals surface area contributed by atoms with Gasteiger partial charge in [0.25, 0.3) is 0 Å². The van der Waals surface area contributed by atoms with E-state index in [2.05, 4.69) is 212 Å². The van der Waals surface area contributed by atoms with Crippen molar-refractivity contribution in [1.82, 2.24) is 0 Å². The van der Waals surface area contributed by atoms with Crippen LogP contribution in [0.4, 0.5) is 0 Å². The molecule has 0 amide bonds. The fourth-order valence-electron chi connectivity index (χ4n) is 10.8. The molecular formula is C62H36O. The Bertz CT molecular complexity index is 4100. The van der Waals surface area contributed by atoms with Gasteiger partial charge in [0.05, 0.1) is 0 Å². The van der Waals surface area contributed by atoms with Crippen LogP contribution in [-0.2, 0) is 0 Å². The van der Waals surface area contributed by atoms with Crippen LogP contribution in [0.5, 0.6) is 0 Å². The van der Waals surface area contributed by atoms with Crippen molar-refractivity contribution in [1.29, 1.82) is 0 Å². The summed E-state index contributed by atoms with van der Waals surface area (Å²) in [7, 11) is 0. The van der Waals surface area contributed by atoms with Gasteiger partial charge in [-0.25, -0.2) is 0 Å². The quantitative estimate of drug-likeness (QED) is 0.158. The van der Waals surface area contributed by atoms with Crippen molar-refractivity contribution in [2.45, 2.75) is 0 Å². The van der Waals surface area contributed by atoms with Crippen molar-refractivity contribution in [2.75, 3.05) is 0 Å². The number of furan rings is 1. The van der Waals surface area contributed by atoms with Gasteiger partial charge < -0.3 is 4.42 Å². The van der Waals surface area contributed by atoms with Gasteiger partial charge in [0, 0.05) is 10.8 Å². The molecule has 0 N–H and O–H groups in total. The van der Waals surface area contributed by atoms with Gasteiger partial charge in [-0.3, -0.25) is 0 Å². The van der Waals surface area contributed by atoms with Gasteiger partial charge in [0.2, 0.25) is 0 Å². The van der Waals surface area contributed by atoms with Crippen LogP contribution in [-0.4, -0.2) is 0 Å². The van der Waals surface area contributed by atoms with Crippen molar-refractivity contribution in [3.05, 3.63) is 218 Å². The van der Waals surface area contributed by atoms with Crippen LogP contribution in [0.3, 0.4) is 0 Å². The first-order valence-corrected chi connectivity index (χ1v) is 21.8. The maximum Gasteiger partial charge on any atom is 0.135 e. The van der Waals surface area contributed by atoms with Gasteiger partial charge in [-0.05, 0) is 163 Å². The molecule has 63 heavy (non-hydrogen) atoms. The third-order valence-electron chi connectivity index (χ3n) is 13.7. The van der Waals surface area contributed by atoms with Crippen molar-refractivity contribution >= 4 is 86.6 Å². The molecule has 14 rings (SSSR count). The Morgan fingerprint density at radius 2 is 0.698 bits per heavy atom. The van der Waals surface area contributed by atoms with Gasteiger partial charge in [0.15, 0.2) is 0 Å². The molecule has 1 nitrogen and oxygen atoms in total. The predicted molar refractivity (Wildman–Crippen MR) is 268 cm³/mol. The zero-order valence-corrected chi connectivity index (χ0v) is 34.2. The maximum atomic E-state index is 6.32. The summed E-state index contributed by atoms with van der Waals surface area (Å²) in [4.78, 5) is 0. The molecule has 0 aliphatic rings. The van der Waals surface area contributed by atoms with E-state index in [-0.39, 0.29) is 0 Å². The molecule has 14 aromatic rings. The molecule has 0 bridgehead atoms. The number of para-hydroxylation sites is 1. The molecule has 0 radical (unpaired) electrons. The highest BCUT2D eigenvalue weighted by atomic mass is 16.3. The smallest absolute Gasteiger partial charge is 0.135 e. The summed E-state index contributed by atoms with van der Waals surface area (Å²) in [5.74, 6) is 0. The monoisotopic (exact) mass is 796 g/mol. The number of hydrogen-bond donors (Lipinski definition) is 0. The minimum Gasteiger partial charge on any atom is -0.456 e. The van der Waals surface area contributed by atoms with Gasteiger partial charge in [-0.2, -0.15) is 0 Å². The summed E-state index contributed by atoms with van der Waals surface area (Å²) in [5.41, 5.74) is 13.7. The largest absolute Gasteiger partial charge is 0.456 e. The fourth-order valence-corrected chi connectivity index (χ4v) is 10.8. The highest BCUT2D eigenvalue weighted by Gasteiger charge is 2.20. The minimum absolute atomic E-state index is 0.899. The molecular weight excluding hydrogens is 761 g/mol. The summed E-state index contributed by atoms with van der Waals surface area (Å²) in [6.45, 7) is 0. The lowest BCUT2D eigenvalue weighted by Gasteiger charge is -2.19. The van der Waals surface area contributed by atoms with Crippen LogP contribution in [0, 0.1) is 0 Å². The van der Waals surface area contributed by atoms with Crippen LogP contribution >= 0.6 is 0 Å². The molecule has 0 unspecified atom stereocenters. The van der Waals surface area contributed by atoms with Crippen molar-refractivity contribution in [3.63, 3.8) is 0 Å². The normalized spacial score (nSPS) is 12.1. The Labute approximate surface area is 363 Å². The zero-order valence-electron chi connectivity index (χ0n) is 34.2.